The highest BCUT2D eigenvalue weighted by Gasteiger charge is 2.28. The van der Waals surface area contributed by atoms with Gasteiger partial charge in [0, 0.05) is 12.8 Å². The SMILES string of the molecule is CCCCC/C=C\C[C@H](O)/C=C/C=C\C/C=C\CCCC(=O)O[C@H](COC(=O)CCCCCCCCCCCCCC(C)C)COP(=O)(O)OC[C@@H](O)COP(=O)(O)O. The van der Waals surface area contributed by atoms with Crippen molar-refractivity contribution in [3.8, 4) is 0 Å². The number of allylic oxidation sites excluding steroid dienone is 6. The van der Waals surface area contributed by atoms with Crippen LogP contribution in [0.2, 0.25) is 0 Å². The summed E-state index contributed by atoms with van der Waals surface area (Å²) in [5.74, 6) is -0.358. The topological polar surface area (TPSA) is 216 Å². The molecule has 4 atom stereocenters. The van der Waals surface area contributed by atoms with Crippen molar-refractivity contribution >= 4 is 27.6 Å². The van der Waals surface area contributed by atoms with Crippen LogP contribution in [0.4, 0.5) is 0 Å². The highest BCUT2D eigenvalue weighted by molar-refractivity contribution is 7.47. The molecule has 0 amide bonds. The van der Waals surface area contributed by atoms with Gasteiger partial charge in [0.2, 0.25) is 0 Å². The predicted octanol–water partition coefficient (Wildman–Crippen LogP) is 9.89. The Balaban J connectivity index is 4.68. The maximum Gasteiger partial charge on any atom is 0.472 e. The summed E-state index contributed by atoms with van der Waals surface area (Å²) < 4.78 is 47.7. The fourth-order valence-corrected chi connectivity index (χ4v) is 6.76. The number of phosphoric acid groups is 2. The molecule has 0 aliphatic heterocycles. The van der Waals surface area contributed by atoms with E-state index in [-0.39, 0.29) is 12.8 Å². The molecule has 0 saturated heterocycles. The van der Waals surface area contributed by atoms with Crippen molar-refractivity contribution in [3.63, 3.8) is 0 Å². The summed E-state index contributed by atoms with van der Waals surface area (Å²) in [6.45, 7) is 3.88. The van der Waals surface area contributed by atoms with Gasteiger partial charge < -0.3 is 34.4 Å². The van der Waals surface area contributed by atoms with Gasteiger partial charge in [0.25, 0.3) is 0 Å². The van der Waals surface area contributed by atoms with Gasteiger partial charge in [-0.1, -0.05) is 153 Å². The van der Waals surface area contributed by atoms with Gasteiger partial charge in [0.05, 0.1) is 25.9 Å². The lowest BCUT2D eigenvalue weighted by molar-refractivity contribution is -0.161. The number of ether oxygens (including phenoxy) is 2. The van der Waals surface area contributed by atoms with Crippen LogP contribution in [0.25, 0.3) is 0 Å². The third-order valence-corrected chi connectivity index (χ3v) is 10.4. The van der Waals surface area contributed by atoms with Crippen LogP contribution in [0.1, 0.15) is 162 Å². The number of rotatable bonds is 40. The molecule has 0 aromatic rings. The second kappa shape index (κ2) is 37.8. The van der Waals surface area contributed by atoms with Crippen molar-refractivity contribution in [1.82, 2.24) is 0 Å². The summed E-state index contributed by atoms with van der Waals surface area (Å²) in [4.78, 5) is 52.6. The smallest absolute Gasteiger partial charge is 0.462 e. The molecule has 1 unspecified atom stereocenters. The molecular weight excluding hydrogens is 802 g/mol. The molecule has 344 valence electrons. The molecule has 0 rings (SSSR count). The average Bonchev–Trinajstić information content (AvgIpc) is 3.17. The van der Waals surface area contributed by atoms with E-state index in [4.69, 9.17) is 23.8 Å². The van der Waals surface area contributed by atoms with Gasteiger partial charge in [0.1, 0.15) is 12.7 Å². The fraction of sp³-hybridized carbons (Fsp3) is 0.767. The Labute approximate surface area is 354 Å². The molecule has 0 aliphatic carbocycles. The Bertz CT molecular complexity index is 1260. The number of carbonyl (C=O) groups is 2. The summed E-state index contributed by atoms with van der Waals surface area (Å²) in [5.41, 5.74) is 0. The van der Waals surface area contributed by atoms with Crippen LogP contribution in [-0.2, 0) is 41.8 Å². The van der Waals surface area contributed by atoms with Crippen LogP contribution < -0.4 is 0 Å². The van der Waals surface area contributed by atoms with Crippen molar-refractivity contribution < 1.29 is 66.7 Å². The zero-order valence-electron chi connectivity index (χ0n) is 36.1. The Kier molecular flexibility index (Phi) is 36.5. The number of unbranched alkanes of at least 4 members (excludes halogenated alkanes) is 14. The minimum absolute atomic E-state index is 0.0235. The Morgan fingerprint density at radius 2 is 1.19 bits per heavy atom. The second-order valence-corrected chi connectivity index (χ2v) is 18.0. The monoisotopic (exact) mass is 880 g/mol. The van der Waals surface area contributed by atoms with E-state index >= 15 is 0 Å². The fourth-order valence-electron chi connectivity index (χ4n) is 5.61. The van der Waals surface area contributed by atoms with E-state index < -0.39 is 72.3 Å². The lowest BCUT2D eigenvalue weighted by Crippen LogP contribution is -2.29. The number of carbonyl (C=O) groups excluding carboxylic acids is 2. The number of hydrogen-bond acceptors (Lipinski definition) is 11. The first kappa shape index (κ1) is 57.0. The van der Waals surface area contributed by atoms with Crippen molar-refractivity contribution in [2.45, 2.75) is 180 Å². The first-order chi connectivity index (χ1) is 28.1. The van der Waals surface area contributed by atoms with Crippen molar-refractivity contribution in [1.29, 1.82) is 0 Å². The van der Waals surface area contributed by atoms with Gasteiger partial charge >= 0.3 is 27.6 Å². The number of aliphatic hydroxyl groups excluding tert-OH is 2. The third-order valence-electron chi connectivity index (χ3n) is 8.97. The normalized spacial score (nSPS) is 15.1. The molecular formula is C43H78O14P2. The average molecular weight is 881 g/mol. The van der Waals surface area contributed by atoms with Crippen LogP contribution >= 0.6 is 15.6 Å². The van der Waals surface area contributed by atoms with Crippen LogP contribution in [0.3, 0.4) is 0 Å². The quantitative estimate of drug-likeness (QED) is 0.0127. The largest absolute Gasteiger partial charge is 0.472 e. The molecule has 0 heterocycles. The highest BCUT2D eigenvalue weighted by atomic mass is 31.2. The molecule has 0 spiro atoms. The van der Waals surface area contributed by atoms with Crippen LogP contribution in [0.15, 0.2) is 48.6 Å². The third kappa shape index (κ3) is 42.5. The van der Waals surface area contributed by atoms with Crippen molar-refractivity contribution in [2.75, 3.05) is 26.4 Å². The molecule has 0 aromatic carbocycles. The minimum Gasteiger partial charge on any atom is -0.462 e. The first-order valence-corrected chi connectivity index (χ1v) is 24.8. The molecule has 0 fully saturated rings. The summed E-state index contributed by atoms with van der Waals surface area (Å²) in [6, 6.07) is 0. The lowest BCUT2D eigenvalue weighted by Gasteiger charge is -2.20. The van der Waals surface area contributed by atoms with Gasteiger partial charge in [-0.05, 0) is 50.9 Å². The maximum absolute atomic E-state index is 12.6. The van der Waals surface area contributed by atoms with E-state index in [0.29, 0.717) is 32.1 Å². The minimum atomic E-state index is -4.88. The second-order valence-electron chi connectivity index (χ2n) is 15.3. The number of aliphatic hydroxyl groups is 2. The van der Waals surface area contributed by atoms with Crippen LogP contribution in [0.5, 0.6) is 0 Å². The van der Waals surface area contributed by atoms with Gasteiger partial charge in [0.15, 0.2) is 6.10 Å². The summed E-state index contributed by atoms with van der Waals surface area (Å²) in [5, 5.41) is 19.8. The van der Waals surface area contributed by atoms with E-state index in [1.165, 1.54) is 70.6 Å². The Hall–Kier alpha value is -1.96. The van der Waals surface area contributed by atoms with Crippen molar-refractivity contribution in [3.05, 3.63) is 48.6 Å². The summed E-state index contributed by atoms with van der Waals surface area (Å²) in [7, 11) is -9.71. The molecule has 0 aromatic heterocycles. The molecule has 14 nitrogen and oxygen atoms in total. The first-order valence-electron chi connectivity index (χ1n) is 21.8. The molecule has 0 saturated carbocycles. The number of phosphoric ester groups is 2. The van der Waals surface area contributed by atoms with E-state index in [1.54, 1.807) is 6.08 Å². The van der Waals surface area contributed by atoms with Crippen LogP contribution in [-0.4, -0.2) is 81.6 Å². The van der Waals surface area contributed by atoms with Crippen molar-refractivity contribution in [2.24, 2.45) is 5.92 Å². The summed E-state index contributed by atoms with van der Waals surface area (Å²) in [6.07, 6.45) is 32.9. The standard InChI is InChI=1S/C43H78O14P2/c1-4-5-6-7-20-25-30-39(44)31-26-21-16-13-14-18-23-28-33-43(47)57-41(37-56-59(51,52)55-35-40(45)34-54-58(48,49)50)36-53-42(46)32-27-22-17-12-10-8-9-11-15-19-24-29-38(2)3/h14,16,18,20-21,25-26,31,38-41,44-45H,4-13,15,17,19,22-24,27-30,32-37H2,1-3H3,(H,51,52)(H2,48,49,50)/b18-14-,21-16-,25-20-,31-26+/t39-,40-,41+/m0/s1. The van der Waals surface area contributed by atoms with Gasteiger partial charge in [-0.25, -0.2) is 9.13 Å². The molecule has 5 N–H and O–H groups in total. The number of hydrogen-bond donors (Lipinski definition) is 5. The van der Waals surface area contributed by atoms with E-state index in [9.17, 15) is 33.8 Å². The summed E-state index contributed by atoms with van der Waals surface area (Å²) >= 11 is 0. The van der Waals surface area contributed by atoms with E-state index in [1.807, 2.05) is 36.5 Å². The molecule has 0 radical (unpaired) electrons. The number of esters is 2. The van der Waals surface area contributed by atoms with E-state index in [2.05, 4.69) is 35.9 Å². The lowest BCUT2D eigenvalue weighted by atomic mass is 10.0. The van der Waals surface area contributed by atoms with Crippen LogP contribution in [0, 0.1) is 5.92 Å². The molecule has 16 heteroatoms. The van der Waals surface area contributed by atoms with Gasteiger partial charge in [-0.15, -0.1) is 0 Å². The Morgan fingerprint density at radius 1 is 0.610 bits per heavy atom. The maximum atomic E-state index is 12.6. The molecule has 0 bridgehead atoms. The molecule has 0 aliphatic rings. The van der Waals surface area contributed by atoms with E-state index in [0.717, 1.165) is 31.6 Å². The van der Waals surface area contributed by atoms with Gasteiger partial charge in [-0.2, -0.15) is 0 Å². The Morgan fingerprint density at radius 3 is 1.83 bits per heavy atom. The zero-order valence-corrected chi connectivity index (χ0v) is 37.9. The zero-order chi connectivity index (χ0) is 44.0. The predicted molar refractivity (Wildman–Crippen MR) is 231 cm³/mol. The van der Waals surface area contributed by atoms with Gasteiger partial charge in [-0.3, -0.25) is 23.2 Å². The highest BCUT2D eigenvalue weighted by Crippen LogP contribution is 2.43. The molecule has 59 heavy (non-hydrogen) atoms.